The van der Waals surface area contributed by atoms with Gasteiger partial charge in [-0.2, -0.15) is 0 Å². The summed E-state index contributed by atoms with van der Waals surface area (Å²) < 4.78 is 10.1. The predicted molar refractivity (Wildman–Crippen MR) is 61.4 cm³/mol. The van der Waals surface area contributed by atoms with Crippen LogP contribution in [0, 0.1) is 6.92 Å². The van der Waals surface area contributed by atoms with Gasteiger partial charge in [-0.25, -0.2) is 4.98 Å². The highest BCUT2D eigenvalue weighted by Crippen LogP contribution is 2.17. The molecule has 90 valence electrons. The van der Waals surface area contributed by atoms with Crippen molar-refractivity contribution in [1.82, 2.24) is 10.3 Å². The molecule has 1 atom stereocenters. The lowest BCUT2D eigenvalue weighted by Gasteiger charge is -2.12. The normalized spacial score (nSPS) is 12.4. The fourth-order valence-corrected chi connectivity index (χ4v) is 2.00. The molecular formula is C10H16N2O3S. The molecule has 1 aromatic rings. The summed E-state index contributed by atoms with van der Waals surface area (Å²) in [6.07, 6.45) is 1.58. The monoisotopic (exact) mass is 244 g/mol. The first-order chi connectivity index (χ1) is 7.67. The van der Waals surface area contributed by atoms with E-state index in [4.69, 9.17) is 9.15 Å². The van der Waals surface area contributed by atoms with Gasteiger partial charge in [0.15, 0.2) is 0 Å². The van der Waals surface area contributed by atoms with Crippen molar-refractivity contribution < 1.29 is 13.9 Å². The molecule has 16 heavy (non-hydrogen) atoms. The number of nitrogens with zero attached hydrogens (tertiary/aromatic N) is 1. The van der Waals surface area contributed by atoms with Crippen LogP contribution in [0.1, 0.15) is 12.6 Å². The fourth-order valence-electron chi connectivity index (χ4n) is 1.07. The molecule has 1 unspecified atom stereocenters. The second-order valence-electron chi connectivity index (χ2n) is 3.16. The highest BCUT2D eigenvalue weighted by molar-refractivity contribution is 7.99. The largest absolute Gasteiger partial charge is 0.465 e. The van der Waals surface area contributed by atoms with Crippen molar-refractivity contribution in [3.05, 3.63) is 12.0 Å². The lowest BCUT2D eigenvalue weighted by molar-refractivity contribution is -0.144. The van der Waals surface area contributed by atoms with Crippen LogP contribution in [0.3, 0.4) is 0 Å². The van der Waals surface area contributed by atoms with E-state index in [2.05, 4.69) is 10.3 Å². The van der Waals surface area contributed by atoms with Crippen LogP contribution in [0.4, 0.5) is 0 Å². The Balaban J connectivity index is 2.42. The molecule has 1 heterocycles. The van der Waals surface area contributed by atoms with Gasteiger partial charge in [0.1, 0.15) is 12.3 Å². The average Bonchev–Trinajstić information content (AvgIpc) is 2.65. The number of carbonyl (C=O) groups is 1. The second-order valence-corrected chi connectivity index (χ2v) is 4.13. The maximum atomic E-state index is 11.5. The van der Waals surface area contributed by atoms with Crippen LogP contribution in [0.25, 0.3) is 0 Å². The van der Waals surface area contributed by atoms with Gasteiger partial charge in [0.2, 0.25) is 0 Å². The lowest BCUT2D eigenvalue weighted by Crippen LogP contribution is -2.37. The quantitative estimate of drug-likeness (QED) is 0.599. The highest BCUT2D eigenvalue weighted by Gasteiger charge is 2.18. The molecule has 1 rings (SSSR count). The molecule has 0 aromatic carbocycles. The third kappa shape index (κ3) is 3.86. The molecule has 0 aliphatic rings. The Morgan fingerprint density at radius 1 is 1.75 bits per heavy atom. The number of nitrogens with one attached hydrogen (secondary N) is 1. The van der Waals surface area contributed by atoms with E-state index < -0.39 is 0 Å². The molecule has 0 radical (unpaired) electrons. The van der Waals surface area contributed by atoms with Crippen LogP contribution in [-0.4, -0.2) is 36.4 Å². The Morgan fingerprint density at radius 3 is 3.00 bits per heavy atom. The van der Waals surface area contributed by atoms with Crippen molar-refractivity contribution in [2.45, 2.75) is 25.1 Å². The Bertz CT molecular complexity index is 341. The van der Waals surface area contributed by atoms with E-state index in [1.54, 1.807) is 20.2 Å². The Labute approximate surface area is 98.9 Å². The number of aromatic nitrogens is 1. The Hall–Kier alpha value is -1.01. The van der Waals surface area contributed by atoms with Crippen LogP contribution < -0.4 is 5.32 Å². The van der Waals surface area contributed by atoms with Crippen LogP contribution in [0.15, 0.2) is 15.9 Å². The summed E-state index contributed by atoms with van der Waals surface area (Å²) in [4.78, 5) is 15.6. The number of thioether (sulfide) groups is 1. The molecule has 0 fully saturated rings. The zero-order valence-electron chi connectivity index (χ0n) is 9.65. The fraction of sp³-hybridized carbons (Fsp3) is 0.600. The Kier molecular flexibility index (Phi) is 5.34. The highest BCUT2D eigenvalue weighted by atomic mass is 32.2. The van der Waals surface area contributed by atoms with E-state index in [-0.39, 0.29) is 12.0 Å². The number of esters is 1. The van der Waals surface area contributed by atoms with Crippen molar-refractivity contribution in [1.29, 1.82) is 0 Å². The molecule has 0 saturated carbocycles. The van der Waals surface area contributed by atoms with Gasteiger partial charge in [-0.05, 0) is 20.9 Å². The SMILES string of the molecule is CCOC(=O)C(CSc1nc(C)co1)NC. The summed E-state index contributed by atoms with van der Waals surface area (Å²) in [6.45, 7) is 4.03. The van der Waals surface area contributed by atoms with Gasteiger partial charge in [-0.3, -0.25) is 4.79 Å². The van der Waals surface area contributed by atoms with Gasteiger partial charge < -0.3 is 14.5 Å². The summed E-state index contributed by atoms with van der Waals surface area (Å²) in [7, 11) is 1.73. The molecule has 1 N–H and O–H groups in total. The van der Waals surface area contributed by atoms with Gasteiger partial charge in [0.25, 0.3) is 5.22 Å². The number of hydrogen-bond donors (Lipinski definition) is 1. The van der Waals surface area contributed by atoms with Crippen LogP contribution >= 0.6 is 11.8 Å². The standard InChI is InChI=1S/C10H16N2O3S/c1-4-14-9(13)8(11-3)6-16-10-12-7(2)5-15-10/h5,8,11H,4,6H2,1-3H3. The lowest BCUT2D eigenvalue weighted by atomic mass is 10.3. The zero-order chi connectivity index (χ0) is 12.0. The van der Waals surface area contributed by atoms with E-state index in [9.17, 15) is 4.79 Å². The minimum Gasteiger partial charge on any atom is -0.465 e. The van der Waals surface area contributed by atoms with Gasteiger partial charge in [0.05, 0.1) is 12.3 Å². The third-order valence-corrected chi connectivity index (χ3v) is 2.83. The number of aryl methyl sites for hydroxylation is 1. The molecule has 0 aliphatic heterocycles. The summed E-state index contributed by atoms with van der Waals surface area (Å²) in [5, 5.41) is 3.47. The molecule has 0 aliphatic carbocycles. The maximum absolute atomic E-state index is 11.5. The molecule has 1 aromatic heterocycles. The number of ether oxygens (including phenoxy) is 1. The number of hydrogen-bond acceptors (Lipinski definition) is 6. The number of rotatable bonds is 6. The zero-order valence-corrected chi connectivity index (χ0v) is 10.5. The summed E-state index contributed by atoms with van der Waals surface area (Å²) in [5.41, 5.74) is 0.833. The summed E-state index contributed by atoms with van der Waals surface area (Å²) in [6, 6.07) is -0.336. The summed E-state index contributed by atoms with van der Waals surface area (Å²) in [5.74, 6) is 0.288. The molecule has 0 bridgehead atoms. The van der Waals surface area contributed by atoms with E-state index >= 15 is 0 Å². The molecule has 0 amide bonds. The summed E-state index contributed by atoms with van der Waals surface area (Å²) >= 11 is 1.39. The first-order valence-corrected chi connectivity index (χ1v) is 6.04. The van der Waals surface area contributed by atoms with Crippen LogP contribution in [0.2, 0.25) is 0 Å². The third-order valence-electron chi connectivity index (χ3n) is 1.89. The van der Waals surface area contributed by atoms with Gasteiger partial charge in [0, 0.05) is 5.75 Å². The first-order valence-electron chi connectivity index (χ1n) is 5.06. The minimum atomic E-state index is -0.336. The molecule has 6 heteroatoms. The number of oxazole rings is 1. The van der Waals surface area contributed by atoms with E-state index in [0.717, 1.165) is 5.69 Å². The van der Waals surface area contributed by atoms with E-state index in [1.807, 2.05) is 6.92 Å². The molecular weight excluding hydrogens is 228 g/mol. The van der Waals surface area contributed by atoms with Gasteiger partial charge in [-0.15, -0.1) is 0 Å². The minimum absolute atomic E-state index is 0.249. The van der Waals surface area contributed by atoms with Gasteiger partial charge >= 0.3 is 5.97 Å². The van der Waals surface area contributed by atoms with Gasteiger partial charge in [-0.1, -0.05) is 11.8 Å². The van der Waals surface area contributed by atoms with Crippen molar-refractivity contribution in [3.63, 3.8) is 0 Å². The Morgan fingerprint density at radius 2 is 2.50 bits per heavy atom. The van der Waals surface area contributed by atoms with E-state index in [0.29, 0.717) is 17.6 Å². The average molecular weight is 244 g/mol. The number of carbonyl (C=O) groups excluding carboxylic acids is 1. The second kappa shape index (κ2) is 6.55. The van der Waals surface area contributed by atoms with Crippen molar-refractivity contribution in [2.75, 3.05) is 19.4 Å². The smallest absolute Gasteiger partial charge is 0.323 e. The number of likely N-dealkylation sites (N-methyl/N-ethyl adjacent to an activating group) is 1. The van der Waals surface area contributed by atoms with Crippen molar-refractivity contribution in [2.24, 2.45) is 0 Å². The molecule has 0 saturated heterocycles. The van der Waals surface area contributed by atoms with Crippen LogP contribution in [-0.2, 0) is 9.53 Å². The van der Waals surface area contributed by atoms with Crippen molar-refractivity contribution >= 4 is 17.7 Å². The van der Waals surface area contributed by atoms with Crippen LogP contribution in [0.5, 0.6) is 0 Å². The first kappa shape index (κ1) is 13.1. The molecule has 5 nitrogen and oxygen atoms in total. The molecule has 0 spiro atoms. The topological polar surface area (TPSA) is 64.4 Å². The van der Waals surface area contributed by atoms with E-state index in [1.165, 1.54) is 11.8 Å². The predicted octanol–water partition coefficient (Wildman–Crippen LogP) is 1.23. The maximum Gasteiger partial charge on any atom is 0.323 e. The van der Waals surface area contributed by atoms with Crippen molar-refractivity contribution in [3.8, 4) is 0 Å².